The molecule has 0 saturated heterocycles. The first kappa shape index (κ1) is 13.4. The Morgan fingerprint density at radius 1 is 1.39 bits per heavy atom. The van der Waals surface area contributed by atoms with Crippen LogP contribution in [-0.4, -0.2) is 18.8 Å². The number of aliphatic hydroxyl groups excluding tert-OH is 1. The minimum atomic E-state index is -0.148. The molecule has 2 rings (SSSR count). The van der Waals surface area contributed by atoms with Crippen molar-refractivity contribution in [2.24, 2.45) is 11.1 Å². The van der Waals surface area contributed by atoms with Gasteiger partial charge in [0, 0.05) is 17.0 Å². The zero-order chi connectivity index (χ0) is 13.3. The zero-order valence-electron chi connectivity index (χ0n) is 11.5. The number of aliphatic hydroxyl groups is 1. The number of hydrogen-bond donors (Lipinski definition) is 2. The lowest BCUT2D eigenvalue weighted by atomic mass is 9.63. The molecule has 0 spiro atoms. The quantitative estimate of drug-likeness (QED) is 0.862. The summed E-state index contributed by atoms with van der Waals surface area (Å²) in [6.45, 7) is 4.26. The summed E-state index contributed by atoms with van der Waals surface area (Å²) in [4.78, 5) is 0. The smallest absolute Gasteiger partial charge is 0.126 e. The van der Waals surface area contributed by atoms with E-state index in [0.717, 1.165) is 36.1 Å². The van der Waals surface area contributed by atoms with Gasteiger partial charge in [0.25, 0.3) is 0 Å². The minimum Gasteiger partial charge on any atom is -0.496 e. The Morgan fingerprint density at radius 2 is 2.06 bits per heavy atom. The normalized spacial score (nSPS) is 19.2. The molecule has 100 valence electrons. The first-order chi connectivity index (χ1) is 8.54. The molecule has 0 radical (unpaired) electrons. The highest BCUT2D eigenvalue weighted by molar-refractivity contribution is 5.46. The molecule has 0 aromatic heterocycles. The monoisotopic (exact) mass is 249 g/mol. The topological polar surface area (TPSA) is 55.5 Å². The number of ether oxygens (including phenoxy) is 1. The van der Waals surface area contributed by atoms with Crippen LogP contribution in [0.4, 0.5) is 0 Å². The molecule has 1 aromatic carbocycles. The van der Waals surface area contributed by atoms with Crippen LogP contribution in [0.1, 0.15) is 42.0 Å². The van der Waals surface area contributed by atoms with Crippen LogP contribution in [0.25, 0.3) is 0 Å². The molecule has 1 aliphatic rings. The van der Waals surface area contributed by atoms with Crippen molar-refractivity contribution in [2.45, 2.75) is 39.2 Å². The molecule has 18 heavy (non-hydrogen) atoms. The lowest BCUT2D eigenvalue weighted by molar-refractivity contribution is 0.0177. The van der Waals surface area contributed by atoms with Crippen LogP contribution >= 0.6 is 0 Å². The highest BCUT2D eigenvalue weighted by Gasteiger charge is 2.43. The first-order valence-corrected chi connectivity index (χ1v) is 6.55. The first-order valence-electron chi connectivity index (χ1n) is 6.55. The predicted molar refractivity (Wildman–Crippen MR) is 72.8 cm³/mol. The SMILES string of the molecule is COc1c(C)cc(C)cc1C(N)C1(CO)CCC1. The van der Waals surface area contributed by atoms with Crippen LogP contribution in [0.3, 0.4) is 0 Å². The molecule has 1 aliphatic carbocycles. The van der Waals surface area contributed by atoms with Gasteiger partial charge in [-0.05, 0) is 32.3 Å². The molecule has 1 aromatic rings. The lowest BCUT2D eigenvalue weighted by Crippen LogP contribution is -2.43. The number of rotatable bonds is 4. The Hall–Kier alpha value is -1.06. The fourth-order valence-electron chi connectivity index (χ4n) is 3.03. The van der Waals surface area contributed by atoms with Gasteiger partial charge in [-0.25, -0.2) is 0 Å². The second kappa shape index (κ2) is 4.90. The van der Waals surface area contributed by atoms with Crippen LogP contribution in [-0.2, 0) is 0 Å². The predicted octanol–water partition coefficient (Wildman–Crippen LogP) is 2.47. The van der Waals surface area contributed by atoms with Crippen LogP contribution in [0, 0.1) is 19.3 Å². The van der Waals surface area contributed by atoms with E-state index in [1.807, 2.05) is 6.92 Å². The van der Waals surface area contributed by atoms with Crippen LogP contribution in [0.5, 0.6) is 5.75 Å². The van der Waals surface area contributed by atoms with Gasteiger partial charge in [-0.3, -0.25) is 0 Å². The molecular weight excluding hydrogens is 226 g/mol. The van der Waals surface area contributed by atoms with Gasteiger partial charge in [-0.2, -0.15) is 0 Å². The van der Waals surface area contributed by atoms with E-state index in [-0.39, 0.29) is 18.1 Å². The Morgan fingerprint density at radius 3 is 2.50 bits per heavy atom. The van der Waals surface area contributed by atoms with Crippen LogP contribution in [0.15, 0.2) is 12.1 Å². The van der Waals surface area contributed by atoms with Crippen LogP contribution in [0.2, 0.25) is 0 Å². The summed E-state index contributed by atoms with van der Waals surface area (Å²) in [7, 11) is 1.68. The van der Waals surface area contributed by atoms with E-state index in [4.69, 9.17) is 10.5 Å². The van der Waals surface area contributed by atoms with E-state index >= 15 is 0 Å². The highest BCUT2D eigenvalue weighted by atomic mass is 16.5. The third-order valence-electron chi connectivity index (χ3n) is 4.31. The van der Waals surface area contributed by atoms with Gasteiger partial charge >= 0.3 is 0 Å². The Balaban J connectivity index is 2.43. The second-order valence-corrected chi connectivity index (χ2v) is 5.56. The number of hydrogen-bond acceptors (Lipinski definition) is 3. The summed E-state index contributed by atoms with van der Waals surface area (Å²) < 4.78 is 5.50. The van der Waals surface area contributed by atoms with Crippen molar-refractivity contribution < 1.29 is 9.84 Å². The van der Waals surface area contributed by atoms with Crippen molar-refractivity contribution in [3.8, 4) is 5.75 Å². The van der Waals surface area contributed by atoms with Gasteiger partial charge in [-0.15, -0.1) is 0 Å². The van der Waals surface area contributed by atoms with E-state index in [0.29, 0.717) is 0 Å². The Kier molecular flexibility index (Phi) is 3.64. The maximum atomic E-state index is 9.65. The van der Waals surface area contributed by atoms with Crippen molar-refractivity contribution >= 4 is 0 Å². The summed E-state index contributed by atoms with van der Waals surface area (Å²) in [5, 5.41) is 9.65. The van der Waals surface area contributed by atoms with Gasteiger partial charge < -0.3 is 15.6 Å². The van der Waals surface area contributed by atoms with Gasteiger partial charge in [0.1, 0.15) is 5.75 Å². The zero-order valence-corrected chi connectivity index (χ0v) is 11.5. The fourth-order valence-corrected chi connectivity index (χ4v) is 3.03. The summed E-state index contributed by atoms with van der Waals surface area (Å²) in [5.41, 5.74) is 9.60. The van der Waals surface area contributed by atoms with Crippen molar-refractivity contribution in [3.05, 3.63) is 28.8 Å². The van der Waals surface area contributed by atoms with Crippen molar-refractivity contribution in [1.82, 2.24) is 0 Å². The summed E-state index contributed by atoms with van der Waals surface area (Å²) in [6.07, 6.45) is 3.16. The molecule has 1 unspecified atom stereocenters. The number of methoxy groups -OCH3 is 1. The summed E-state index contributed by atoms with van der Waals surface area (Å²) in [6, 6.07) is 4.04. The average Bonchev–Trinajstić information content (AvgIpc) is 2.27. The maximum absolute atomic E-state index is 9.65. The molecule has 1 saturated carbocycles. The largest absolute Gasteiger partial charge is 0.496 e. The molecule has 0 heterocycles. The van der Waals surface area contributed by atoms with E-state index in [1.54, 1.807) is 7.11 Å². The minimum absolute atomic E-state index is 0.145. The van der Waals surface area contributed by atoms with E-state index in [1.165, 1.54) is 5.56 Å². The molecule has 3 heteroatoms. The van der Waals surface area contributed by atoms with Gasteiger partial charge in [0.05, 0.1) is 13.7 Å². The molecule has 1 atom stereocenters. The van der Waals surface area contributed by atoms with E-state index in [2.05, 4.69) is 19.1 Å². The maximum Gasteiger partial charge on any atom is 0.126 e. The third kappa shape index (κ3) is 2.02. The molecule has 0 bridgehead atoms. The Labute approximate surface area is 109 Å². The third-order valence-corrected chi connectivity index (χ3v) is 4.31. The average molecular weight is 249 g/mol. The number of benzene rings is 1. The number of aryl methyl sites for hydroxylation is 2. The van der Waals surface area contributed by atoms with Gasteiger partial charge in [0.15, 0.2) is 0 Å². The van der Waals surface area contributed by atoms with Crippen molar-refractivity contribution in [2.75, 3.05) is 13.7 Å². The molecule has 1 fully saturated rings. The van der Waals surface area contributed by atoms with Crippen molar-refractivity contribution in [1.29, 1.82) is 0 Å². The van der Waals surface area contributed by atoms with E-state index in [9.17, 15) is 5.11 Å². The van der Waals surface area contributed by atoms with Crippen molar-refractivity contribution in [3.63, 3.8) is 0 Å². The number of nitrogens with two attached hydrogens (primary N) is 1. The molecular formula is C15H23NO2. The molecule has 0 aliphatic heterocycles. The van der Waals surface area contributed by atoms with E-state index < -0.39 is 0 Å². The molecule has 3 nitrogen and oxygen atoms in total. The van der Waals surface area contributed by atoms with Crippen LogP contribution < -0.4 is 10.5 Å². The second-order valence-electron chi connectivity index (χ2n) is 5.56. The Bertz CT molecular complexity index is 433. The highest BCUT2D eigenvalue weighted by Crippen LogP contribution is 2.50. The molecule has 3 N–H and O–H groups in total. The molecule has 0 amide bonds. The summed E-state index contributed by atoms with van der Waals surface area (Å²) >= 11 is 0. The standard InChI is InChI=1S/C15H23NO2/c1-10-7-11(2)13(18-3)12(8-10)14(16)15(9-17)5-4-6-15/h7-8,14,17H,4-6,9,16H2,1-3H3. The van der Waals surface area contributed by atoms with Gasteiger partial charge in [-0.1, -0.05) is 24.1 Å². The summed E-state index contributed by atoms with van der Waals surface area (Å²) in [5.74, 6) is 0.868. The van der Waals surface area contributed by atoms with Gasteiger partial charge in [0.2, 0.25) is 0 Å². The fraction of sp³-hybridized carbons (Fsp3) is 0.600. The lowest BCUT2D eigenvalue weighted by Gasteiger charge is -2.45.